The summed E-state index contributed by atoms with van der Waals surface area (Å²) >= 11 is 0. The number of aromatic nitrogens is 3. The van der Waals surface area contributed by atoms with E-state index in [0.29, 0.717) is 33.7 Å². The predicted molar refractivity (Wildman–Crippen MR) is 113 cm³/mol. The molecule has 4 rings (SSSR count). The maximum absolute atomic E-state index is 13.7. The van der Waals surface area contributed by atoms with Crippen molar-refractivity contribution in [2.24, 2.45) is 0 Å². The van der Waals surface area contributed by atoms with Crippen molar-refractivity contribution in [2.75, 3.05) is 24.3 Å². The molecule has 2 aromatic carbocycles. The Hall–Kier alpha value is -3.81. The van der Waals surface area contributed by atoms with Crippen LogP contribution < -0.4 is 10.2 Å². The van der Waals surface area contributed by atoms with Crippen LogP contribution in [0.4, 0.5) is 20.3 Å². The summed E-state index contributed by atoms with van der Waals surface area (Å²) in [6.07, 6.45) is 1.62. The van der Waals surface area contributed by atoms with Crippen LogP contribution in [-0.4, -0.2) is 34.5 Å². The molecule has 0 unspecified atom stereocenters. The number of alkyl halides is 2. The van der Waals surface area contributed by atoms with Gasteiger partial charge >= 0.3 is 6.55 Å². The van der Waals surface area contributed by atoms with Crippen molar-refractivity contribution in [1.29, 1.82) is 0 Å². The highest BCUT2D eigenvalue weighted by Crippen LogP contribution is 2.30. The molecule has 0 fully saturated rings. The number of benzene rings is 2. The van der Waals surface area contributed by atoms with E-state index in [1.807, 2.05) is 14.1 Å². The molecule has 6 nitrogen and oxygen atoms in total. The van der Waals surface area contributed by atoms with Crippen LogP contribution in [0.15, 0.2) is 66.9 Å². The topological polar surface area (TPSA) is 63.1 Å². The van der Waals surface area contributed by atoms with Gasteiger partial charge in [-0.3, -0.25) is 9.36 Å². The van der Waals surface area contributed by atoms with Crippen LogP contribution in [0.25, 0.3) is 22.4 Å². The highest BCUT2D eigenvalue weighted by atomic mass is 19.3. The second-order valence-corrected chi connectivity index (χ2v) is 6.87. The first-order chi connectivity index (χ1) is 14.5. The third-order valence-electron chi connectivity index (χ3n) is 4.65. The molecule has 0 spiro atoms. The Morgan fingerprint density at radius 3 is 2.47 bits per heavy atom. The molecule has 152 valence electrons. The Balaban J connectivity index is 1.62. The molecule has 0 radical (unpaired) electrons. The number of anilines is 2. The highest BCUT2D eigenvalue weighted by Gasteiger charge is 2.19. The number of nitrogens with zero attached hydrogens (tertiary/aromatic N) is 4. The van der Waals surface area contributed by atoms with Gasteiger partial charge in [0, 0.05) is 31.5 Å². The third kappa shape index (κ3) is 3.59. The Bertz CT molecular complexity index is 1200. The normalized spacial score (nSPS) is 11.1. The molecule has 4 aromatic rings. The van der Waals surface area contributed by atoms with Gasteiger partial charge in [-0.2, -0.15) is 8.78 Å². The summed E-state index contributed by atoms with van der Waals surface area (Å²) in [5.41, 5.74) is 2.37. The van der Waals surface area contributed by atoms with E-state index in [9.17, 15) is 13.6 Å². The smallest absolute Gasteiger partial charge is 0.320 e. The zero-order valence-corrected chi connectivity index (χ0v) is 16.4. The highest BCUT2D eigenvalue weighted by molar-refractivity contribution is 6.07. The minimum absolute atomic E-state index is 0.172. The number of fused-ring (bicyclic) bond motifs is 1. The van der Waals surface area contributed by atoms with Crippen LogP contribution in [0, 0.1) is 0 Å². The molecule has 8 heteroatoms. The van der Waals surface area contributed by atoms with E-state index in [-0.39, 0.29) is 11.7 Å². The lowest BCUT2D eigenvalue weighted by Gasteiger charge is -2.15. The number of nitrogens with one attached hydrogen (secondary N) is 1. The molecular weight excluding hydrogens is 388 g/mol. The van der Waals surface area contributed by atoms with Crippen LogP contribution in [0.2, 0.25) is 0 Å². The van der Waals surface area contributed by atoms with Gasteiger partial charge < -0.3 is 10.2 Å². The lowest BCUT2D eigenvalue weighted by atomic mass is 10.1. The van der Waals surface area contributed by atoms with Gasteiger partial charge in [0.1, 0.15) is 11.6 Å². The van der Waals surface area contributed by atoms with Crippen LogP contribution in [0.3, 0.4) is 0 Å². The van der Waals surface area contributed by atoms with Gasteiger partial charge in [0.15, 0.2) is 0 Å². The number of carbonyl (C=O) groups is 1. The van der Waals surface area contributed by atoms with E-state index >= 15 is 0 Å². The molecule has 30 heavy (non-hydrogen) atoms. The first-order valence-electron chi connectivity index (χ1n) is 9.25. The molecule has 0 aliphatic carbocycles. The van der Waals surface area contributed by atoms with Gasteiger partial charge in [0.2, 0.25) is 0 Å². The van der Waals surface area contributed by atoms with Gasteiger partial charge in [-0.25, -0.2) is 9.97 Å². The number of para-hydroxylation sites is 2. The lowest BCUT2D eigenvalue weighted by molar-refractivity contribution is 0.0764. The number of imidazole rings is 1. The summed E-state index contributed by atoms with van der Waals surface area (Å²) in [6.45, 7) is -2.72. The second-order valence-electron chi connectivity index (χ2n) is 6.87. The first-order valence-corrected chi connectivity index (χ1v) is 9.25. The number of carbonyl (C=O) groups excluding carboxylic acids is 1. The van der Waals surface area contributed by atoms with E-state index in [2.05, 4.69) is 15.3 Å². The zero-order chi connectivity index (χ0) is 21.3. The van der Waals surface area contributed by atoms with Crippen molar-refractivity contribution < 1.29 is 13.6 Å². The van der Waals surface area contributed by atoms with E-state index in [4.69, 9.17) is 0 Å². The summed E-state index contributed by atoms with van der Waals surface area (Å²) in [6, 6.07) is 16.8. The van der Waals surface area contributed by atoms with Crippen LogP contribution in [0.5, 0.6) is 0 Å². The zero-order valence-electron chi connectivity index (χ0n) is 16.4. The van der Waals surface area contributed by atoms with Crippen LogP contribution in [0.1, 0.15) is 16.9 Å². The second kappa shape index (κ2) is 7.90. The SMILES string of the molecule is CN(C)c1ncccc1C(=O)Nc1ccc(-c2nc3ccccc3n2C(F)F)cc1. The van der Waals surface area contributed by atoms with Crippen molar-refractivity contribution in [3.8, 4) is 11.4 Å². The average molecular weight is 407 g/mol. The summed E-state index contributed by atoms with van der Waals surface area (Å²) < 4.78 is 28.3. The van der Waals surface area contributed by atoms with Crippen molar-refractivity contribution >= 4 is 28.4 Å². The van der Waals surface area contributed by atoms with Crippen molar-refractivity contribution in [2.45, 2.75) is 6.55 Å². The largest absolute Gasteiger partial charge is 0.362 e. The van der Waals surface area contributed by atoms with E-state index in [1.165, 1.54) is 0 Å². The summed E-state index contributed by atoms with van der Waals surface area (Å²) in [7, 11) is 3.62. The fraction of sp³-hybridized carbons (Fsp3) is 0.136. The Morgan fingerprint density at radius 1 is 1.03 bits per heavy atom. The van der Waals surface area contributed by atoms with Gasteiger partial charge in [-0.1, -0.05) is 12.1 Å². The first kappa shape index (κ1) is 19.5. The number of hydrogen-bond donors (Lipinski definition) is 1. The van der Waals surface area contributed by atoms with Crippen LogP contribution >= 0.6 is 0 Å². The monoisotopic (exact) mass is 407 g/mol. The van der Waals surface area contributed by atoms with E-state index in [0.717, 1.165) is 4.57 Å². The third-order valence-corrected chi connectivity index (χ3v) is 4.65. The van der Waals surface area contributed by atoms with E-state index < -0.39 is 6.55 Å². The van der Waals surface area contributed by atoms with Crippen molar-refractivity contribution in [3.63, 3.8) is 0 Å². The molecule has 0 aliphatic rings. The molecule has 0 saturated carbocycles. The number of pyridine rings is 1. The molecule has 1 amide bonds. The molecule has 1 N–H and O–H groups in total. The Kier molecular flexibility index (Phi) is 5.14. The fourth-order valence-electron chi connectivity index (χ4n) is 3.28. The Morgan fingerprint density at radius 2 is 1.77 bits per heavy atom. The summed E-state index contributed by atoms with van der Waals surface area (Å²) in [5, 5.41) is 2.82. The van der Waals surface area contributed by atoms with Gasteiger partial charge in [-0.05, 0) is 48.5 Å². The molecular formula is C22H19F2N5O. The maximum atomic E-state index is 13.7. The minimum atomic E-state index is -2.72. The molecule has 0 bridgehead atoms. The number of halogens is 2. The number of hydrogen-bond acceptors (Lipinski definition) is 4. The molecule has 2 heterocycles. The number of rotatable bonds is 5. The predicted octanol–water partition coefficient (Wildman–Crippen LogP) is 4.81. The standard InChI is InChI=1S/C22H19F2N5O/c1-28(2)20-16(6-5-13-25-20)21(30)26-15-11-9-14(10-12-15)19-27-17-7-3-4-8-18(17)29(19)22(23)24/h3-13,22H,1-2H3,(H,26,30). The summed E-state index contributed by atoms with van der Waals surface area (Å²) in [4.78, 5) is 23.0. The van der Waals surface area contributed by atoms with E-state index in [1.54, 1.807) is 71.8 Å². The number of amides is 1. The minimum Gasteiger partial charge on any atom is -0.362 e. The van der Waals surface area contributed by atoms with Crippen molar-refractivity contribution in [1.82, 2.24) is 14.5 Å². The maximum Gasteiger partial charge on any atom is 0.320 e. The van der Waals surface area contributed by atoms with Crippen LogP contribution in [-0.2, 0) is 0 Å². The quantitative estimate of drug-likeness (QED) is 0.516. The molecule has 0 saturated heterocycles. The molecule has 0 atom stereocenters. The lowest BCUT2D eigenvalue weighted by Crippen LogP contribution is -2.19. The molecule has 2 aromatic heterocycles. The van der Waals surface area contributed by atoms with Gasteiger partial charge in [-0.15, -0.1) is 0 Å². The summed E-state index contributed by atoms with van der Waals surface area (Å²) in [5.74, 6) is 0.419. The average Bonchev–Trinajstić information content (AvgIpc) is 3.14. The van der Waals surface area contributed by atoms with Gasteiger partial charge in [0.25, 0.3) is 5.91 Å². The molecule has 0 aliphatic heterocycles. The Labute approximate surface area is 171 Å². The van der Waals surface area contributed by atoms with Gasteiger partial charge in [0.05, 0.1) is 16.6 Å². The fourth-order valence-corrected chi connectivity index (χ4v) is 3.28. The van der Waals surface area contributed by atoms with Crippen molar-refractivity contribution in [3.05, 3.63) is 72.4 Å².